The van der Waals surface area contributed by atoms with Gasteiger partial charge in [-0.3, -0.25) is 0 Å². The summed E-state index contributed by atoms with van der Waals surface area (Å²) in [6.07, 6.45) is 1.55. The van der Waals surface area contributed by atoms with Crippen LogP contribution in [0, 0.1) is 5.41 Å². The van der Waals surface area contributed by atoms with Gasteiger partial charge in [-0.15, -0.1) is 5.10 Å². The minimum atomic E-state index is -0.148. The van der Waals surface area contributed by atoms with E-state index in [2.05, 4.69) is 20.8 Å². The molecule has 0 spiro atoms. The van der Waals surface area contributed by atoms with Crippen LogP contribution in [0.5, 0.6) is 0 Å². The number of aliphatic hydroxyl groups is 1. The van der Waals surface area contributed by atoms with Gasteiger partial charge in [0.05, 0.1) is 5.69 Å². The Morgan fingerprint density at radius 1 is 1.39 bits per heavy atom. The topological polar surface area (TPSA) is 75.9 Å². The summed E-state index contributed by atoms with van der Waals surface area (Å²) in [5, 5.41) is 23.6. The molecule has 6 nitrogen and oxygen atoms in total. The van der Waals surface area contributed by atoms with Crippen LogP contribution < -0.4 is 5.32 Å². The van der Waals surface area contributed by atoms with Gasteiger partial charge in [0, 0.05) is 24.3 Å². The molecule has 0 saturated carbocycles. The summed E-state index contributed by atoms with van der Waals surface area (Å²) >= 11 is 0. The Bertz CT molecular complexity index is 495. The average Bonchev–Trinajstić information content (AvgIpc) is 2.91. The minimum Gasteiger partial charge on any atom is -0.396 e. The standard InChI is InChI=1S/C12H17N5O/c1-12(2,8-18)7-13-10-4-3-5-11(6-10)17-9-14-15-16-17/h3-6,9,13,18H,7-8H2,1-2H3. The molecule has 0 unspecified atom stereocenters. The molecule has 2 rings (SSSR count). The third kappa shape index (κ3) is 3.04. The average molecular weight is 247 g/mol. The fourth-order valence-electron chi connectivity index (χ4n) is 1.44. The summed E-state index contributed by atoms with van der Waals surface area (Å²) in [7, 11) is 0. The molecular formula is C12H17N5O. The van der Waals surface area contributed by atoms with E-state index < -0.39 is 0 Å². The summed E-state index contributed by atoms with van der Waals surface area (Å²) in [6.45, 7) is 4.85. The van der Waals surface area contributed by atoms with E-state index in [0.717, 1.165) is 11.4 Å². The Morgan fingerprint density at radius 3 is 2.89 bits per heavy atom. The first-order valence-electron chi connectivity index (χ1n) is 5.79. The third-order valence-corrected chi connectivity index (χ3v) is 2.66. The van der Waals surface area contributed by atoms with Gasteiger partial charge in [-0.2, -0.15) is 0 Å². The second-order valence-electron chi connectivity index (χ2n) is 4.98. The first-order chi connectivity index (χ1) is 8.61. The van der Waals surface area contributed by atoms with Crippen LogP contribution in [0.1, 0.15) is 13.8 Å². The summed E-state index contributed by atoms with van der Waals surface area (Å²) in [5.41, 5.74) is 1.72. The van der Waals surface area contributed by atoms with Crippen LogP contribution in [0.25, 0.3) is 5.69 Å². The lowest BCUT2D eigenvalue weighted by Crippen LogP contribution is -2.26. The Morgan fingerprint density at radius 2 is 2.22 bits per heavy atom. The number of rotatable bonds is 5. The Balaban J connectivity index is 2.09. The highest BCUT2D eigenvalue weighted by Crippen LogP contribution is 2.17. The molecule has 0 aliphatic rings. The fourth-order valence-corrected chi connectivity index (χ4v) is 1.44. The summed E-state index contributed by atoms with van der Waals surface area (Å²) in [4.78, 5) is 0. The van der Waals surface area contributed by atoms with Gasteiger partial charge in [0.1, 0.15) is 6.33 Å². The molecule has 0 aliphatic carbocycles. The predicted octanol–water partition coefficient (Wildman–Crippen LogP) is 1.09. The van der Waals surface area contributed by atoms with Crippen molar-refractivity contribution in [2.24, 2.45) is 5.41 Å². The van der Waals surface area contributed by atoms with E-state index >= 15 is 0 Å². The van der Waals surface area contributed by atoms with E-state index in [4.69, 9.17) is 0 Å². The predicted molar refractivity (Wildman–Crippen MR) is 68.5 cm³/mol. The maximum atomic E-state index is 9.21. The van der Waals surface area contributed by atoms with Crippen LogP contribution in [-0.2, 0) is 0 Å². The summed E-state index contributed by atoms with van der Waals surface area (Å²) in [5.74, 6) is 0. The zero-order valence-corrected chi connectivity index (χ0v) is 10.5. The molecule has 0 radical (unpaired) electrons. The molecule has 0 aliphatic heterocycles. The molecule has 6 heteroatoms. The molecule has 96 valence electrons. The SMILES string of the molecule is CC(C)(CO)CNc1cccc(-n2cnnn2)c1. The van der Waals surface area contributed by atoms with Gasteiger partial charge in [-0.1, -0.05) is 19.9 Å². The van der Waals surface area contributed by atoms with Crippen molar-refractivity contribution in [2.75, 3.05) is 18.5 Å². The van der Waals surface area contributed by atoms with Crippen molar-refractivity contribution in [1.29, 1.82) is 0 Å². The van der Waals surface area contributed by atoms with Crippen LogP contribution in [0.15, 0.2) is 30.6 Å². The smallest absolute Gasteiger partial charge is 0.143 e. The van der Waals surface area contributed by atoms with E-state index in [1.54, 1.807) is 11.0 Å². The van der Waals surface area contributed by atoms with Crippen molar-refractivity contribution in [3.8, 4) is 5.69 Å². The molecular weight excluding hydrogens is 230 g/mol. The first-order valence-corrected chi connectivity index (χ1v) is 5.79. The number of anilines is 1. The second-order valence-corrected chi connectivity index (χ2v) is 4.98. The zero-order valence-electron chi connectivity index (χ0n) is 10.5. The second kappa shape index (κ2) is 5.14. The molecule has 1 heterocycles. The number of aliphatic hydroxyl groups excluding tert-OH is 1. The van der Waals surface area contributed by atoms with Gasteiger partial charge in [0.2, 0.25) is 0 Å². The Labute approximate surface area is 106 Å². The van der Waals surface area contributed by atoms with Gasteiger partial charge in [0.15, 0.2) is 0 Å². The normalized spacial score (nSPS) is 11.5. The molecule has 2 N–H and O–H groups in total. The lowest BCUT2D eigenvalue weighted by atomic mass is 9.95. The zero-order chi connectivity index (χ0) is 13.0. The Kier molecular flexibility index (Phi) is 3.57. The van der Waals surface area contributed by atoms with Crippen LogP contribution in [0.3, 0.4) is 0 Å². The minimum absolute atomic E-state index is 0.146. The quantitative estimate of drug-likeness (QED) is 0.827. The third-order valence-electron chi connectivity index (χ3n) is 2.66. The molecule has 0 bridgehead atoms. The van der Waals surface area contributed by atoms with E-state index in [9.17, 15) is 5.11 Å². The maximum absolute atomic E-state index is 9.21. The highest BCUT2D eigenvalue weighted by Gasteiger charge is 2.15. The van der Waals surface area contributed by atoms with Gasteiger partial charge >= 0.3 is 0 Å². The van der Waals surface area contributed by atoms with Crippen molar-refractivity contribution in [3.05, 3.63) is 30.6 Å². The van der Waals surface area contributed by atoms with Gasteiger partial charge in [0.25, 0.3) is 0 Å². The van der Waals surface area contributed by atoms with Crippen molar-refractivity contribution < 1.29 is 5.11 Å². The number of aromatic nitrogens is 4. The molecule has 0 saturated heterocycles. The van der Waals surface area contributed by atoms with E-state index in [1.165, 1.54) is 0 Å². The largest absolute Gasteiger partial charge is 0.396 e. The van der Waals surface area contributed by atoms with E-state index in [-0.39, 0.29) is 12.0 Å². The van der Waals surface area contributed by atoms with Gasteiger partial charge in [-0.05, 0) is 28.6 Å². The number of benzene rings is 1. The molecule has 2 aromatic rings. The number of nitrogens with zero attached hydrogens (tertiary/aromatic N) is 4. The van der Waals surface area contributed by atoms with Crippen molar-refractivity contribution in [3.63, 3.8) is 0 Å². The summed E-state index contributed by atoms with van der Waals surface area (Å²) in [6, 6.07) is 7.80. The lowest BCUT2D eigenvalue weighted by Gasteiger charge is -2.22. The van der Waals surface area contributed by atoms with Crippen molar-refractivity contribution in [1.82, 2.24) is 20.2 Å². The molecule has 0 atom stereocenters. The highest BCUT2D eigenvalue weighted by atomic mass is 16.3. The van der Waals surface area contributed by atoms with Crippen LogP contribution >= 0.6 is 0 Å². The fraction of sp³-hybridized carbons (Fsp3) is 0.417. The number of hydrogen-bond acceptors (Lipinski definition) is 5. The molecule has 1 aromatic carbocycles. The van der Waals surface area contributed by atoms with E-state index in [0.29, 0.717) is 6.54 Å². The van der Waals surface area contributed by atoms with Crippen LogP contribution in [-0.4, -0.2) is 38.5 Å². The van der Waals surface area contributed by atoms with Crippen molar-refractivity contribution in [2.45, 2.75) is 13.8 Å². The number of nitrogens with one attached hydrogen (secondary N) is 1. The molecule has 0 fully saturated rings. The van der Waals surface area contributed by atoms with E-state index in [1.807, 2.05) is 38.1 Å². The first kappa shape index (κ1) is 12.5. The van der Waals surface area contributed by atoms with Gasteiger partial charge < -0.3 is 10.4 Å². The van der Waals surface area contributed by atoms with Gasteiger partial charge in [-0.25, -0.2) is 4.68 Å². The highest BCUT2D eigenvalue weighted by molar-refractivity contribution is 5.50. The van der Waals surface area contributed by atoms with Crippen LogP contribution in [0.4, 0.5) is 5.69 Å². The number of hydrogen-bond donors (Lipinski definition) is 2. The maximum Gasteiger partial charge on any atom is 0.143 e. The molecule has 1 aromatic heterocycles. The molecule has 0 amide bonds. The summed E-state index contributed by atoms with van der Waals surface area (Å²) < 4.78 is 1.60. The number of tetrazole rings is 1. The molecule has 18 heavy (non-hydrogen) atoms. The lowest BCUT2D eigenvalue weighted by molar-refractivity contribution is 0.171. The monoisotopic (exact) mass is 247 g/mol. The van der Waals surface area contributed by atoms with Crippen molar-refractivity contribution >= 4 is 5.69 Å². The Hall–Kier alpha value is -1.95. The van der Waals surface area contributed by atoms with Crippen LogP contribution in [0.2, 0.25) is 0 Å².